The van der Waals surface area contributed by atoms with Gasteiger partial charge in [0.25, 0.3) is 0 Å². The van der Waals surface area contributed by atoms with E-state index in [0.717, 1.165) is 12.1 Å². The Kier molecular flexibility index (Phi) is 3.80. The molecule has 1 aromatic heterocycles. The van der Waals surface area contributed by atoms with Gasteiger partial charge in [0.2, 0.25) is 5.28 Å². The van der Waals surface area contributed by atoms with Crippen LogP contribution >= 0.6 is 11.6 Å². The van der Waals surface area contributed by atoms with E-state index in [1.807, 2.05) is 0 Å². The molecule has 1 heterocycles. The third-order valence-corrected chi connectivity index (χ3v) is 2.82. The second-order valence-corrected chi connectivity index (χ2v) is 4.28. The number of benzene rings is 1. The Labute approximate surface area is 118 Å². The van der Waals surface area contributed by atoms with Crippen molar-refractivity contribution < 1.29 is 8.78 Å². The molecule has 0 aliphatic rings. The van der Waals surface area contributed by atoms with Crippen LogP contribution in [0.15, 0.2) is 24.4 Å². The summed E-state index contributed by atoms with van der Waals surface area (Å²) in [7, 11) is 1.53. The number of nitrogens with zero attached hydrogens (tertiary/aromatic N) is 3. The summed E-state index contributed by atoms with van der Waals surface area (Å²) >= 11 is 5.66. The molecule has 20 heavy (non-hydrogen) atoms. The lowest BCUT2D eigenvalue weighted by molar-refractivity contribution is 0.509. The summed E-state index contributed by atoms with van der Waals surface area (Å²) in [5.41, 5.74) is 5.62. The van der Waals surface area contributed by atoms with Crippen LogP contribution in [0.2, 0.25) is 5.28 Å². The van der Waals surface area contributed by atoms with Gasteiger partial charge in [-0.3, -0.25) is 5.41 Å². The number of hydrogen-bond acceptors (Lipinski definition) is 4. The lowest BCUT2D eigenvalue weighted by Crippen LogP contribution is -2.28. The number of anilines is 2. The van der Waals surface area contributed by atoms with Crippen LogP contribution in [0.5, 0.6) is 0 Å². The molecule has 0 amide bonds. The molecule has 104 valence electrons. The van der Waals surface area contributed by atoms with Gasteiger partial charge in [0.15, 0.2) is 11.6 Å². The molecule has 0 saturated carbocycles. The Balaban J connectivity index is 2.39. The molecule has 3 N–H and O–H groups in total. The molecule has 0 unspecified atom stereocenters. The third-order valence-electron chi connectivity index (χ3n) is 2.64. The summed E-state index contributed by atoms with van der Waals surface area (Å²) in [6.07, 6.45) is 1.42. The minimum absolute atomic E-state index is 0.0143. The van der Waals surface area contributed by atoms with Gasteiger partial charge in [-0.25, -0.2) is 18.7 Å². The molecule has 0 radical (unpaired) electrons. The number of rotatable bonds is 2. The summed E-state index contributed by atoms with van der Waals surface area (Å²) in [6.45, 7) is 0. The van der Waals surface area contributed by atoms with Gasteiger partial charge in [-0.2, -0.15) is 0 Å². The van der Waals surface area contributed by atoms with E-state index >= 15 is 0 Å². The zero-order chi connectivity index (χ0) is 14.9. The first-order valence-corrected chi connectivity index (χ1v) is 5.83. The van der Waals surface area contributed by atoms with Crippen LogP contribution in [0.25, 0.3) is 0 Å². The number of aromatic nitrogens is 2. The Morgan fingerprint density at radius 3 is 2.65 bits per heavy atom. The molecule has 0 saturated heterocycles. The molecule has 0 spiro atoms. The van der Waals surface area contributed by atoms with Crippen LogP contribution in [0.4, 0.5) is 20.3 Å². The lowest BCUT2D eigenvalue weighted by Gasteiger charge is -2.20. The minimum Gasteiger partial charge on any atom is -0.398 e. The molecule has 0 fully saturated rings. The monoisotopic (exact) mass is 297 g/mol. The van der Waals surface area contributed by atoms with Crippen molar-refractivity contribution in [2.24, 2.45) is 0 Å². The molecule has 8 heteroatoms. The van der Waals surface area contributed by atoms with Crippen molar-refractivity contribution in [1.82, 2.24) is 9.97 Å². The summed E-state index contributed by atoms with van der Waals surface area (Å²) in [4.78, 5) is 8.97. The maximum Gasteiger partial charge on any atom is 0.224 e. The standard InChI is InChI=1S/C12H10ClF2N5/c1-20(10-2-3-18-12(13)19-10)11(17)6-4-7(14)8(15)5-9(6)16/h2-5,17H,16H2,1H3. The van der Waals surface area contributed by atoms with Crippen LogP contribution in [-0.4, -0.2) is 22.9 Å². The first-order valence-electron chi connectivity index (χ1n) is 5.46. The highest BCUT2D eigenvalue weighted by molar-refractivity contribution is 6.28. The fraction of sp³-hybridized carbons (Fsp3) is 0.0833. The largest absolute Gasteiger partial charge is 0.398 e. The normalized spacial score (nSPS) is 10.4. The third kappa shape index (κ3) is 2.67. The maximum atomic E-state index is 13.3. The van der Waals surface area contributed by atoms with E-state index in [4.69, 9.17) is 22.7 Å². The van der Waals surface area contributed by atoms with Crippen molar-refractivity contribution in [2.45, 2.75) is 0 Å². The average Bonchev–Trinajstić information content (AvgIpc) is 2.41. The Bertz CT molecular complexity index is 677. The lowest BCUT2D eigenvalue weighted by atomic mass is 10.1. The number of amidine groups is 1. The van der Waals surface area contributed by atoms with Crippen molar-refractivity contribution in [2.75, 3.05) is 17.7 Å². The molecule has 0 bridgehead atoms. The second-order valence-electron chi connectivity index (χ2n) is 3.95. The summed E-state index contributed by atoms with van der Waals surface area (Å²) in [5.74, 6) is -1.95. The summed E-state index contributed by atoms with van der Waals surface area (Å²) in [5, 5.41) is 8.02. The highest BCUT2D eigenvalue weighted by atomic mass is 35.5. The molecule has 0 aliphatic carbocycles. The van der Waals surface area contributed by atoms with Crippen LogP contribution in [0.1, 0.15) is 5.56 Å². The van der Waals surface area contributed by atoms with Crippen molar-refractivity contribution in [3.05, 3.63) is 46.9 Å². The average molecular weight is 298 g/mol. The Hall–Kier alpha value is -2.28. The van der Waals surface area contributed by atoms with Crippen LogP contribution in [0, 0.1) is 17.0 Å². The molecule has 0 atom stereocenters. The summed E-state index contributed by atoms with van der Waals surface area (Å²) < 4.78 is 26.3. The minimum atomic E-state index is -1.08. The van der Waals surface area contributed by atoms with Gasteiger partial charge in [0, 0.05) is 30.6 Å². The Morgan fingerprint density at radius 2 is 2.00 bits per heavy atom. The van der Waals surface area contributed by atoms with Gasteiger partial charge in [0.05, 0.1) is 0 Å². The van der Waals surface area contributed by atoms with Crippen molar-refractivity contribution in [3.63, 3.8) is 0 Å². The van der Waals surface area contributed by atoms with Gasteiger partial charge < -0.3 is 10.6 Å². The fourth-order valence-corrected chi connectivity index (χ4v) is 1.72. The molecule has 1 aromatic carbocycles. The van der Waals surface area contributed by atoms with E-state index in [9.17, 15) is 8.78 Å². The van der Waals surface area contributed by atoms with Gasteiger partial charge >= 0.3 is 0 Å². The van der Waals surface area contributed by atoms with Gasteiger partial charge in [-0.1, -0.05) is 0 Å². The molecule has 2 rings (SSSR count). The number of nitrogen functional groups attached to an aromatic ring is 1. The molecule has 0 aliphatic heterocycles. The predicted octanol–water partition coefficient (Wildman–Crippen LogP) is 2.45. The maximum absolute atomic E-state index is 13.3. The molecule has 5 nitrogen and oxygen atoms in total. The van der Waals surface area contributed by atoms with E-state index in [2.05, 4.69) is 9.97 Å². The zero-order valence-electron chi connectivity index (χ0n) is 10.4. The smallest absolute Gasteiger partial charge is 0.224 e. The first kappa shape index (κ1) is 14.1. The molecule has 2 aromatic rings. The number of nitrogens with one attached hydrogen (secondary N) is 1. The molecular weight excluding hydrogens is 288 g/mol. The van der Waals surface area contributed by atoms with E-state index in [1.54, 1.807) is 0 Å². The van der Waals surface area contributed by atoms with Crippen LogP contribution in [-0.2, 0) is 0 Å². The number of hydrogen-bond donors (Lipinski definition) is 2. The first-order chi connectivity index (χ1) is 9.40. The highest BCUT2D eigenvalue weighted by Crippen LogP contribution is 2.21. The summed E-state index contributed by atoms with van der Waals surface area (Å²) in [6, 6.07) is 3.22. The van der Waals surface area contributed by atoms with E-state index in [0.29, 0.717) is 5.82 Å². The SMILES string of the molecule is CN(C(=N)c1cc(F)c(F)cc1N)c1ccnc(Cl)n1. The van der Waals surface area contributed by atoms with E-state index in [-0.39, 0.29) is 22.4 Å². The van der Waals surface area contributed by atoms with Crippen molar-refractivity contribution in [3.8, 4) is 0 Å². The number of nitrogens with two attached hydrogens (primary N) is 1. The fourth-order valence-electron chi connectivity index (χ4n) is 1.58. The topological polar surface area (TPSA) is 78.9 Å². The van der Waals surface area contributed by atoms with Crippen LogP contribution in [0.3, 0.4) is 0 Å². The molecular formula is C12H10ClF2N5. The van der Waals surface area contributed by atoms with Crippen molar-refractivity contribution in [1.29, 1.82) is 5.41 Å². The Morgan fingerprint density at radius 1 is 1.35 bits per heavy atom. The van der Waals surface area contributed by atoms with Gasteiger partial charge in [-0.15, -0.1) is 0 Å². The van der Waals surface area contributed by atoms with E-state index in [1.165, 1.54) is 24.2 Å². The zero-order valence-corrected chi connectivity index (χ0v) is 11.1. The van der Waals surface area contributed by atoms with Crippen molar-refractivity contribution >= 4 is 28.9 Å². The quantitative estimate of drug-likeness (QED) is 0.386. The second kappa shape index (κ2) is 5.38. The highest BCUT2D eigenvalue weighted by Gasteiger charge is 2.16. The predicted molar refractivity (Wildman–Crippen MR) is 73.0 cm³/mol. The van der Waals surface area contributed by atoms with E-state index < -0.39 is 11.6 Å². The number of halogens is 3. The van der Waals surface area contributed by atoms with Gasteiger partial charge in [0.1, 0.15) is 11.7 Å². The van der Waals surface area contributed by atoms with Crippen LogP contribution < -0.4 is 10.6 Å². The van der Waals surface area contributed by atoms with Gasteiger partial charge in [-0.05, 0) is 23.7 Å².